The standard InChI is InChI=1S/C21H23F2N5O2S/c1-27-13-24-9-19(27)21-26-15(12-31-21)7-20(29)25-8-16-11-28(4-5-30-16)10-14-2-3-17(22)18(23)6-14/h2-3,6,9,12-13,16H,4-5,7-8,10-11H2,1H3,(H,25,29)/t16-/m0/s1. The summed E-state index contributed by atoms with van der Waals surface area (Å²) in [4.78, 5) is 23.1. The molecule has 0 spiro atoms. The van der Waals surface area contributed by atoms with Gasteiger partial charge >= 0.3 is 0 Å². The quantitative estimate of drug-likeness (QED) is 0.602. The predicted molar refractivity (Wildman–Crippen MR) is 112 cm³/mol. The van der Waals surface area contributed by atoms with E-state index in [2.05, 4.69) is 20.2 Å². The number of nitrogens with zero attached hydrogens (tertiary/aromatic N) is 4. The molecule has 164 valence electrons. The van der Waals surface area contributed by atoms with Gasteiger partial charge in [0.25, 0.3) is 0 Å². The molecule has 1 amide bonds. The number of hydrogen-bond acceptors (Lipinski definition) is 6. The molecule has 0 unspecified atom stereocenters. The van der Waals surface area contributed by atoms with E-state index >= 15 is 0 Å². The SMILES string of the molecule is Cn1cncc1-c1nc(CC(=O)NC[C@H]2CN(Cc3ccc(F)c(F)c3)CCO2)cs1. The van der Waals surface area contributed by atoms with Gasteiger partial charge in [-0.1, -0.05) is 6.07 Å². The summed E-state index contributed by atoms with van der Waals surface area (Å²) in [5.74, 6) is -1.81. The fourth-order valence-corrected chi connectivity index (χ4v) is 4.34. The molecule has 3 heterocycles. The summed E-state index contributed by atoms with van der Waals surface area (Å²) in [6, 6.07) is 3.94. The van der Waals surface area contributed by atoms with Crippen LogP contribution in [0.5, 0.6) is 0 Å². The molecule has 1 aromatic carbocycles. The van der Waals surface area contributed by atoms with Crippen LogP contribution >= 0.6 is 11.3 Å². The maximum absolute atomic E-state index is 13.4. The fraction of sp³-hybridized carbons (Fsp3) is 0.381. The highest BCUT2D eigenvalue weighted by molar-refractivity contribution is 7.13. The summed E-state index contributed by atoms with van der Waals surface area (Å²) in [6.45, 7) is 2.69. The number of amides is 1. The molecule has 1 atom stereocenters. The van der Waals surface area contributed by atoms with E-state index in [9.17, 15) is 13.6 Å². The molecule has 0 radical (unpaired) electrons. The van der Waals surface area contributed by atoms with Crippen molar-refractivity contribution in [1.82, 2.24) is 24.8 Å². The van der Waals surface area contributed by atoms with E-state index in [-0.39, 0.29) is 18.4 Å². The number of imidazole rings is 1. The molecule has 10 heteroatoms. The lowest BCUT2D eigenvalue weighted by Gasteiger charge is -2.33. The second-order valence-corrected chi connectivity index (χ2v) is 8.35. The van der Waals surface area contributed by atoms with Gasteiger partial charge < -0.3 is 14.6 Å². The topological polar surface area (TPSA) is 72.3 Å². The van der Waals surface area contributed by atoms with Gasteiger partial charge in [-0.25, -0.2) is 18.7 Å². The van der Waals surface area contributed by atoms with Gasteiger partial charge in [0.15, 0.2) is 11.6 Å². The van der Waals surface area contributed by atoms with Gasteiger partial charge in [0, 0.05) is 38.6 Å². The number of benzene rings is 1. The first-order valence-electron chi connectivity index (χ1n) is 9.93. The second-order valence-electron chi connectivity index (χ2n) is 7.49. The highest BCUT2D eigenvalue weighted by atomic mass is 32.1. The predicted octanol–water partition coefficient (Wildman–Crippen LogP) is 2.38. The van der Waals surface area contributed by atoms with Crippen LogP contribution in [0.15, 0.2) is 36.1 Å². The molecule has 1 aliphatic rings. The lowest BCUT2D eigenvalue weighted by molar-refractivity contribution is -0.121. The smallest absolute Gasteiger partial charge is 0.226 e. The number of ether oxygens (including phenoxy) is 1. The minimum Gasteiger partial charge on any atom is -0.374 e. The first-order chi connectivity index (χ1) is 15.0. The van der Waals surface area contributed by atoms with Gasteiger partial charge in [-0.2, -0.15) is 0 Å². The molecule has 0 saturated carbocycles. The molecule has 1 N–H and O–H groups in total. The van der Waals surface area contributed by atoms with Crippen LogP contribution in [0.2, 0.25) is 0 Å². The second kappa shape index (κ2) is 9.63. The van der Waals surface area contributed by atoms with Gasteiger partial charge in [-0.05, 0) is 17.7 Å². The van der Waals surface area contributed by atoms with Crippen molar-refractivity contribution in [3.8, 4) is 10.7 Å². The van der Waals surface area contributed by atoms with Gasteiger partial charge in [0.05, 0.1) is 43.0 Å². The molecule has 4 rings (SSSR count). The Bertz CT molecular complexity index is 1050. The van der Waals surface area contributed by atoms with E-state index in [1.165, 1.54) is 17.4 Å². The number of morpholine rings is 1. The maximum Gasteiger partial charge on any atom is 0.226 e. The van der Waals surface area contributed by atoms with E-state index in [0.29, 0.717) is 44.0 Å². The minimum absolute atomic E-state index is 0.122. The van der Waals surface area contributed by atoms with Crippen molar-refractivity contribution in [3.63, 3.8) is 0 Å². The monoisotopic (exact) mass is 447 g/mol. The third-order valence-electron chi connectivity index (χ3n) is 5.07. The molecule has 2 aromatic heterocycles. The normalized spacial score (nSPS) is 17.1. The summed E-state index contributed by atoms with van der Waals surface area (Å²) < 4.78 is 34.2. The van der Waals surface area contributed by atoms with Crippen LogP contribution in [-0.4, -0.2) is 57.7 Å². The van der Waals surface area contributed by atoms with Crippen LogP contribution in [0, 0.1) is 11.6 Å². The number of carbonyl (C=O) groups excluding carboxylic acids is 1. The molecule has 31 heavy (non-hydrogen) atoms. The van der Waals surface area contributed by atoms with Crippen molar-refractivity contribution in [2.75, 3.05) is 26.2 Å². The number of rotatable bonds is 7. The molecule has 0 bridgehead atoms. The molecule has 1 fully saturated rings. The lowest BCUT2D eigenvalue weighted by Crippen LogP contribution is -2.47. The van der Waals surface area contributed by atoms with Crippen LogP contribution in [0.3, 0.4) is 0 Å². The highest BCUT2D eigenvalue weighted by Gasteiger charge is 2.22. The zero-order chi connectivity index (χ0) is 21.8. The Hall–Kier alpha value is -2.69. The zero-order valence-corrected chi connectivity index (χ0v) is 17.9. The Morgan fingerprint density at radius 2 is 2.23 bits per heavy atom. The van der Waals surface area contributed by atoms with Crippen LogP contribution in [-0.2, 0) is 29.5 Å². The Morgan fingerprint density at radius 1 is 1.35 bits per heavy atom. The van der Waals surface area contributed by atoms with Gasteiger partial charge in [0.2, 0.25) is 5.91 Å². The molecule has 0 aliphatic carbocycles. The average molecular weight is 448 g/mol. The van der Waals surface area contributed by atoms with Crippen molar-refractivity contribution < 1.29 is 18.3 Å². The van der Waals surface area contributed by atoms with Gasteiger partial charge in [-0.3, -0.25) is 9.69 Å². The first kappa shape index (κ1) is 21.5. The number of halogens is 2. The van der Waals surface area contributed by atoms with Crippen molar-refractivity contribution in [2.45, 2.75) is 19.1 Å². The Kier molecular flexibility index (Phi) is 6.69. The first-order valence-corrected chi connectivity index (χ1v) is 10.8. The lowest BCUT2D eigenvalue weighted by atomic mass is 10.1. The molecule has 1 aliphatic heterocycles. The van der Waals surface area contributed by atoms with Crippen LogP contribution in [0.1, 0.15) is 11.3 Å². The van der Waals surface area contributed by atoms with Gasteiger partial charge in [-0.15, -0.1) is 11.3 Å². The van der Waals surface area contributed by atoms with E-state index in [1.54, 1.807) is 18.6 Å². The van der Waals surface area contributed by atoms with Crippen LogP contribution in [0.4, 0.5) is 8.78 Å². The Labute approximate surface area is 182 Å². The number of aryl methyl sites for hydroxylation is 1. The summed E-state index contributed by atoms with van der Waals surface area (Å²) in [5.41, 5.74) is 2.33. The van der Waals surface area contributed by atoms with E-state index in [4.69, 9.17) is 4.74 Å². The number of nitrogens with one attached hydrogen (secondary N) is 1. The summed E-state index contributed by atoms with van der Waals surface area (Å²) >= 11 is 1.48. The highest BCUT2D eigenvalue weighted by Crippen LogP contribution is 2.23. The molecule has 3 aromatic rings. The van der Waals surface area contributed by atoms with Crippen molar-refractivity contribution in [3.05, 3.63) is 59.0 Å². The van der Waals surface area contributed by atoms with E-state index in [0.717, 1.165) is 16.8 Å². The van der Waals surface area contributed by atoms with Gasteiger partial charge in [0.1, 0.15) is 5.01 Å². The van der Waals surface area contributed by atoms with Crippen molar-refractivity contribution in [2.24, 2.45) is 7.05 Å². The molecule has 1 saturated heterocycles. The Morgan fingerprint density at radius 3 is 3.00 bits per heavy atom. The number of hydrogen-bond donors (Lipinski definition) is 1. The number of thiazole rings is 1. The third-order valence-corrected chi connectivity index (χ3v) is 5.98. The van der Waals surface area contributed by atoms with E-state index in [1.807, 2.05) is 17.0 Å². The maximum atomic E-state index is 13.4. The van der Waals surface area contributed by atoms with Crippen molar-refractivity contribution in [1.29, 1.82) is 0 Å². The van der Waals surface area contributed by atoms with Crippen LogP contribution < -0.4 is 5.32 Å². The molecular weight excluding hydrogens is 424 g/mol. The largest absolute Gasteiger partial charge is 0.374 e. The Balaban J connectivity index is 1.25. The number of carbonyl (C=O) groups is 1. The summed E-state index contributed by atoms with van der Waals surface area (Å²) in [5, 5.41) is 5.61. The summed E-state index contributed by atoms with van der Waals surface area (Å²) in [7, 11) is 1.90. The zero-order valence-electron chi connectivity index (χ0n) is 17.1. The summed E-state index contributed by atoms with van der Waals surface area (Å²) in [6.07, 6.45) is 3.49. The third kappa shape index (κ3) is 5.52. The van der Waals surface area contributed by atoms with Crippen molar-refractivity contribution >= 4 is 17.2 Å². The molecular formula is C21H23F2N5O2S. The van der Waals surface area contributed by atoms with E-state index < -0.39 is 11.6 Å². The van der Waals surface area contributed by atoms with Crippen LogP contribution in [0.25, 0.3) is 10.7 Å². The fourth-order valence-electron chi connectivity index (χ4n) is 3.47. The number of aromatic nitrogens is 3. The minimum atomic E-state index is -0.848. The molecule has 7 nitrogen and oxygen atoms in total. The average Bonchev–Trinajstić information content (AvgIpc) is 3.38.